The lowest BCUT2D eigenvalue weighted by atomic mass is 10.0. The van der Waals surface area contributed by atoms with Gasteiger partial charge in [-0.25, -0.2) is 9.78 Å². The number of thiazole rings is 1. The van der Waals surface area contributed by atoms with Crippen molar-refractivity contribution in [1.82, 2.24) is 20.5 Å². The lowest BCUT2D eigenvalue weighted by Crippen LogP contribution is -2.34. The van der Waals surface area contributed by atoms with Crippen LogP contribution in [-0.4, -0.2) is 32.2 Å². The molecule has 0 unspecified atom stereocenters. The molecule has 0 radical (unpaired) electrons. The fourth-order valence-corrected chi connectivity index (χ4v) is 3.05. The Bertz CT molecular complexity index is 673. The van der Waals surface area contributed by atoms with Crippen LogP contribution in [0.4, 0.5) is 0 Å². The van der Waals surface area contributed by atoms with Crippen LogP contribution in [0.3, 0.4) is 0 Å². The number of rotatable bonds is 6. The highest BCUT2D eigenvalue weighted by molar-refractivity contribution is 7.09. The summed E-state index contributed by atoms with van der Waals surface area (Å²) in [7, 11) is 0. The average molecular weight is 322 g/mol. The molecule has 0 saturated heterocycles. The van der Waals surface area contributed by atoms with Crippen molar-refractivity contribution in [1.29, 1.82) is 0 Å². The van der Waals surface area contributed by atoms with Crippen LogP contribution in [0.2, 0.25) is 0 Å². The molecule has 7 nitrogen and oxygen atoms in total. The number of H-pyrrole nitrogens is 1. The highest BCUT2D eigenvalue weighted by Gasteiger charge is 2.27. The molecule has 0 aliphatic rings. The molecular weight excluding hydrogens is 304 g/mol. The first-order valence-electron chi connectivity index (χ1n) is 6.82. The van der Waals surface area contributed by atoms with Gasteiger partial charge in [0.15, 0.2) is 6.04 Å². The maximum absolute atomic E-state index is 12.1. The molecule has 2 aromatic heterocycles. The van der Waals surface area contributed by atoms with Gasteiger partial charge in [-0.1, -0.05) is 0 Å². The largest absolute Gasteiger partial charge is 0.479 e. The fourth-order valence-electron chi connectivity index (χ4n) is 2.27. The summed E-state index contributed by atoms with van der Waals surface area (Å²) >= 11 is 1.50. The number of carboxylic acids is 1. The minimum Gasteiger partial charge on any atom is -0.479 e. The summed E-state index contributed by atoms with van der Waals surface area (Å²) < 4.78 is 0. The van der Waals surface area contributed by atoms with Crippen LogP contribution in [0.1, 0.15) is 40.0 Å². The molecule has 2 rings (SSSR count). The molecule has 22 heavy (non-hydrogen) atoms. The minimum atomic E-state index is -1.10. The third-order valence-electron chi connectivity index (χ3n) is 3.45. The van der Waals surface area contributed by atoms with Gasteiger partial charge in [-0.15, -0.1) is 11.3 Å². The summed E-state index contributed by atoms with van der Waals surface area (Å²) in [5.41, 5.74) is 4.37. The molecule has 0 aromatic carbocycles. The van der Waals surface area contributed by atoms with Crippen LogP contribution in [0.25, 0.3) is 0 Å². The molecular formula is C14H18N4O3S. The van der Waals surface area contributed by atoms with E-state index < -0.39 is 12.0 Å². The zero-order chi connectivity index (χ0) is 16.3. The topological polar surface area (TPSA) is 108 Å². The summed E-state index contributed by atoms with van der Waals surface area (Å²) in [4.78, 5) is 28.7. The molecule has 0 fully saturated rings. The van der Waals surface area contributed by atoms with Crippen molar-refractivity contribution in [2.24, 2.45) is 0 Å². The van der Waals surface area contributed by atoms with Gasteiger partial charge in [-0.2, -0.15) is 5.10 Å². The van der Waals surface area contributed by atoms with E-state index in [0.717, 1.165) is 10.6 Å². The lowest BCUT2D eigenvalue weighted by Gasteiger charge is -2.15. The van der Waals surface area contributed by atoms with E-state index >= 15 is 0 Å². The number of carbonyl (C=O) groups excluding carboxylic acids is 1. The van der Waals surface area contributed by atoms with Crippen LogP contribution in [0.15, 0.2) is 5.51 Å². The summed E-state index contributed by atoms with van der Waals surface area (Å²) in [6.07, 6.45) is 0.779. The number of aromatic amines is 1. The van der Waals surface area contributed by atoms with Crippen molar-refractivity contribution in [2.75, 3.05) is 0 Å². The number of hydrogen-bond acceptors (Lipinski definition) is 5. The summed E-state index contributed by atoms with van der Waals surface area (Å²) in [6, 6.07) is -1.09. The first-order valence-corrected chi connectivity index (χ1v) is 7.70. The van der Waals surface area contributed by atoms with Gasteiger partial charge in [-0.05, 0) is 27.2 Å². The molecule has 0 saturated carbocycles. The predicted molar refractivity (Wildman–Crippen MR) is 81.8 cm³/mol. The molecule has 0 bridgehead atoms. The minimum absolute atomic E-state index is 0.225. The SMILES string of the molecule is Cc1ncsc1CCC(=O)N[C@@H](C(=O)O)c1c(C)n[nH]c1C. The van der Waals surface area contributed by atoms with E-state index in [4.69, 9.17) is 0 Å². The Morgan fingerprint density at radius 3 is 2.59 bits per heavy atom. The molecule has 1 amide bonds. The second-order valence-electron chi connectivity index (χ2n) is 5.05. The van der Waals surface area contributed by atoms with E-state index in [0.29, 0.717) is 23.4 Å². The molecule has 118 valence electrons. The van der Waals surface area contributed by atoms with Crippen molar-refractivity contribution < 1.29 is 14.7 Å². The first kappa shape index (κ1) is 16.2. The highest BCUT2D eigenvalue weighted by Crippen LogP contribution is 2.20. The number of aromatic nitrogens is 3. The number of hydrogen-bond donors (Lipinski definition) is 3. The fraction of sp³-hybridized carbons (Fsp3) is 0.429. The highest BCUT2D eigenvalue weighted by atomic mass is 32.1. The van der Waals surface area contributed by atoms with Crippen LogP contribution >= 0.6 is 11.3 Å². The zero-order valence-electron chi connectivity index (χ0n) is 12.6. The number of carboxylic acid groups (broad SMARTS) is 1. The van der Waals surface area contributed by atoms with E-state index in [-0.39, 0.29) is 12.3 Å². The summed E-state index contributed by atoms with van der Waals surface area (Å²) in [5.74, 6) is -1.41. The third-order valence-corrected chi connectivity index (χ3v) is 4.44. The van der Waals surface area contributed by atoms with Gasteiger partial charge in [-0.3, -0.25) is 9.89 Å². The Balaban J connectivity index is 2.04. The van der Waals surface area contributed by atoms with Crippen molar-refractivity contribution in [2.45, 2.75) is 39.7 Å². The van der Waals surface area contributed by atoms with Crippen molar-refractivity contribution in [3.63, 3.8) is 0 Å². The van der Waals surface area contributed by atoms with Crippen molar-refractivity contribution in [3.8, 4) is 0 Å². The maximum Gasteiger partial charge on any atom is 0.331 e. The van der Waals surface area contributed by atoms with Crippen molar-refractivity contribution in [3.05, 3.63) is 33.0 Å². The first-order chi connectivity index (χ1) is 10.4. The Morgan fingerprint density at radius 2 is 2.09 bits per heavy atom. The smallest absolute Gasteiger partial charge is 0.331 e. The van der Waals surface area contributed by atoms with E-state index in [1.165, 1.54) is 11.3 Å². The molecule has 8 heteroatoms. The predicted octanol–water partition coefficient (Wildman–Crippen LogP) is 1.67. The van der Waals surface area contributed by atoms with Gasteiger partial charge in [0.2, 0.25) is 5.91 Å². The van der Waals surface area contributed by atoms with Crippen LogP contribution in [-0.2, 0) is 16.0 Å². The number of aryl methyl sites for hydroxylation is 4. The van der Waals surface area contributed by atoms with E-state index in [9.17, 15) is 14.7 Å². The van der Waals surface area contributed by atoms with E-state index in [1.807, 2.05) is 6.92 Å². The van der Waals surface area contributed by atoms with Crippen LogP contribution in [0.5, 0.6) is 0 Å². The lowest BCUT2D eigenvalue weighted by molar-refractivity contribution is -0.142. The molecule has 2 aromatic rings. The normalized spacial score (nSPS) is 12.1. The Kier molecular flexibility index (Phi) is 4.92. The number of nitrogens with one attached hydrogen (secondary N) is 2. The summed E-state index contributed by atoms with van der Waals surface area (Å²) in [5, 5.41) is 18.7. The average Bonchev–Trinajstić information content (AvgIpc) is 3.00. The molecule has 0 spiro atoms. The molecule has 0 aliphatic carbocycles. The van der Waals surface area contributed by atoms with Gasteiger partial charge in [0.1, 0.15) is 0 Å². The Morgan fingerprint density at radius 1 is 1.36 bits per heavy atom. The second kappa shape index (κ2) is 6.69. The number of aliphatic carboxylic acids is 1. The number of carbonyl (C=O) groups is 2. The maximum atomic E-state index is 12.1. The quantitative estimate of drug-likeness (QED) is 0.749. The second-order valence-corrected chi connectivity index (χ2v) is 5.99. The summed E-state index contributed by atoms with van der Waals surface area (Å²) in [6.45, 7) is 5.34. The van der Waals surface area contributed by atoms with Gasteiger partial charge in [0, 0.05) is 22.6 Å². The zero-order valence-corrected chi connectivity index (χ0v) is 13.5. The number of nitrogens with zero attached hydrogens (tertiary/aromatic N) is 2. The van der Waals surface area contributed by atoms with Gasteiger partial charge >= 0.3 is 5.97 Å². The van der Waals surface area contributed by atoms with Crippen LogP contribution < -0.4 is 5.32 Å². The Labute approximate surface area is 131 Å². The van der Waals surface area contributed by atoms with Crippen molar-refractivity contribution >= 4 is 23.2 Å². The monoisotopic (exact) mass is 322 g/mol. The van der Waals surface area contributed by atoms with Gasteiger partial charge < -0.3 is 10.4 Å². The standard InChI is InChI=1S/C14H18N4O3S/c1-7-10(22-6-15-7)4-5-11(19)16-13(14(20)21)12-8(2)17-18-9(12)3/h6,13H,4-5H2,1-3H3,(H,16,19)(H,17,18)(H,20,21)/t13-/m1/s1. The number of amides is 1. The van der Waals surface area contributed by atoms with E-state index in [1.54, 1.807) is 19.4 Å². The molecule has 0 aliphatic heterocycles. The third kappa shape index (κ3) is 3.51. The molecule has 2 heterocycles. The van der Waals surface area contributed by atoms with Crippen LogP contribution in [0, 0.1) is 20.8 Å². The molecule has 1 atom stereocenters. The Hall–Kier alpha value is -2.22. The molecule has 3 N–H and O–H groups in total. The van der Waals surface area contributed by atoms with Gasteiger partial charge in [0.05, 0.1) is 16.9 Å². The van der Waals surface area contributed by atoms with E-state index in [2.05, 4.69) is 20.5 Å². The van der Waals surface area contributed by atoms with Gasteiger partial charge in [0.25, 0.3) is 0 Å².